The summed E-state index contributed by atoms with van der Waals surface area (Å²) in [6.45, 7) is 5.86. The van der Waals surface area contributed by atoms with Crippen LogP contribution in [0, 0.1) is 20.8 Å². The van der Waals surface area contributed by atoms with E-state index >= 15 is 0 Å². The molecule has 2 aromatic heterocycles. The Morgan fingerprint density at radius 2 is 2.17 bits per heavy atom. The molecule has 0 aliphatic rings. The van der Waals surface area contributed by atoms with Crippen molar-refractivity contribution in [1.29, 1.82) is 0 Å². The van der Waals surface area contributed by atoms with Crippen molar-refractivity contribution in [2.75, 3.05) is 5.32 Å². The van der Waals surface area contributed by atoms with Gasteiger partial charge in [0.25, 0.3) is 5.91 Å². The lowest BCUT2D eigenvalue weighted by molar-refractivity contribution is 0.102. The number of thiazole rings is 1. The fraction of sp³-hybridized carbons (Fsp3) is 0.235. The number of nitrogens with zero attached hydrogens (tertiary/aromatic N) is 2. The van der Waals surface area contributed by atoms with E-state index in [-0.39, 0.29) is 5.91 Å². The first-order valence-electron chi connectivity index (χ1n) is 7.41. The number of anilines is 1. The summed E-state index contributed by atoms with van der Waals surface area (Å²) in [7, 11) is 0. The van der Waals surface area contributed by atoms with Gasteiger partial charge < -0.3 is 14.6 Å². The van der Waals surface area contributed by atoms with E-state index in [2.05, 4.69) is 15.5 Å². The predicted octanol–water partition coefficient (Wildman–Crippen LogP) is 3.89. The van der Waals surface area contributed by atoms with Crippen LogP contribution in [0.5, 0.6) is 5.75 Å². The molecule has 2 heterocycles. The van der Waals surface area contributed by atoms with E-state index in [0.29, 0.717) is 35.1 Å². The Kier molecular flexibility index (Phi) is 4.61. The van der Waals surface area contributed by atoms with E-state index in [9.17, 15) is 4.79 Å². The zero-order valence-corrected chi connectivity index (χ0v) is 14.4. The van der Waals surface area contributed by atoms with Crippen molar-refractivity contribution < 1.29 is 14.1 Å². The summed E-state index contributed by atoms with van der Waals surface area (Å²) < 4.78 is 10.8. The summed E-state index contributed by atoms with van der Waals surface area (Å²) in [6.07, 6.45) is 0. The van der Waals surface area contributed by atoms with Crippen LogP contribution in [0.15, 0.2) is 34.2 Å². The van der Waals surface area contributed by atoms with E-state index in [1.165, 1.54) is 0 Å². The summed E-state index contributed by atoms with van der Waals surface area (Å²) in [5.74, 6) is 0.957. The van der Waals surface area contributed by atoms with Crippen LogP contribution in [-0.2, 0) is 6.61 Å². The molecule has 3 aromatic rings. The molecule has 3 rings (SSSR count). The number of aromatic nitrogens is 2. The first kappa shape index (κ1) is 16.2. The third kappa shape index (κ3) is 3.62. The summed E-state index contributed by atoms with van der Waals surface area (Å²) in [5, 5.41) is 9.61. The van der Waals surface area contributed by atoms with Crippen LogP contribution in [0.3, 0.4) is 0 Å². The zero-order chi connectivity index (χ0) is 17.1. The van der Waals surface area contributed by atoms with Crippen LogP contribution >= 0.6 is 11.3 Å². The van der Waals surface area contributed by atoms with Crippen LogP contribution in [0.2, 0.25) is 0 Å². The lowest BCUT2D eigenvalue weighted by atomic mass is 10.2. The van der Waals surface area contributed by atoms with Crippen LogP contribution in [-0.4, -0.2) is 16.0 Å². The van der Waals surface area contributed by atoms with Crippen molar-refractivity contribution in [2.45, 2.75) is 27.4 Å². The molecule has 0 radical (unpaired) electrons. The fourth-order valence-electron chi connectivity index (χ4n) is 2.21. The molecule has 0 saturated heterocycles. The average Bonchev–Trinajstić information content (AvgIpc) is 3.13. The lowest BCUT2D eigenvalue weighted by Crippen LogP contribution is -2.13. The maximum Gasteiger partial charge on any atom is 0.255 e. The van der Waals surface area contributed by atoms with E-state index < -0.39 is 0 Å². The number of hydrogen-bond donors (Lipinski definition) is 1. The number of benzene rings is 1. The van der Waals surface area contributed by atoms with Gasteiger partial charge in [0.15, 0.2) is 5.76 Å². The third-order valence-corrected chi connectivity index (χ3v) is 4.24. The summed E-state index contributed by atoms with van der Waals surface area (Å²) >= 11 is 1.58. The zero-order valence-electron chi connectivity index (χ0n) is 13.6. The molecule has 6 nitrogen and oxygen atoms in total. The second-order valence-electron chi connectivity index (χ2n) is 5.33. The number of rotatable bonds is 5. The SMILES string of the molecule is Cc1nc(COc2cccc(C(=O)Nc3c(C)noc3C)c2)cs1. The van der Waals surface area contributed by atoms with Gasteiger partial charge in [-0.3, -0.25) is 4.79 Å². The summed E-state index contributed by atoms with van der Waals surface area (Å²) in [6, 6.07) is 7.02. The quantitative estimate of drug-likeness (QED) is 0.760. The number of carbonyl (C=O) groups is 1. The van der Waals surface area contributed by atoms with Gasteiger partial charge in [0.2, 0.25) is 0 Å². The van der Waals surface area contributed by atoms with Gasteiger partial charge in [0, 0.05) is 10.9 Å². The van der Waals surface area contributed by atoms with Crippen molar-refractivity contribution in [2.24, 2.45) is 0 Å². The van der Waals surface area contributed by atoms with E-state index in [1.54, 1.807) is 43.4 Å². The number of carbonyl (C=O) groups excluding carboxylic acids is 1. The highest BCUT2D eigenvalue weighted by Gasteiger charge is 2.14. The highest BCUT2D eigenvalue weighted by Crippen LogP contribution is 2.21. The minimum Gasteiger partial charge on any atom is -0.487 e. The summed E-state index contributed by atoms with van der Waals surface area (Å²) in [5.41, 5.74) is 2.63. The Labute approximate surface area is 143 Å². The van der Waals surface area contributed by atoms with Crippen LogP contribution < -0.4 is 10.1 Å². The maximum atomic E-state index is 12.4. The van der Waals surface area contributed by atoms with Crippen molar-refractivity contribution >= 4 is 22.9 Å². The van der Waals surface area contributed by atoms with Crippen LogP contribution in [0.4, 0.5) is 5.69 Å². The van der Waals surface area contributed by atoms with Gasteiger partial charge in [-0.15, -0.1) is 11.3 Å². The number of hydrogen-bond acceptors (Lipinski definition) is 6. The molecule has 1 amide bonds. The normalized spacial score (nSPS) is 10.6. The number of amides is 1. The second-order valence-corrected chi connectivity index (χ2v) is 6.39. The van der Waals surface area contributed by atoms with Crippen molar-refractivity contribution in [3.05, 3.63) is 57.4 Å². The third-order valence-electron chi connectivity index (χ3n) is 3.42. The van der Waals surface area contributed by atoms with Crippen molar-refractivity contribution in [3.63, 3.8) is 0 Å². The smallest absolute Gasteiger partial charge is 0.255 e. The number of nitrogens with one attached hydrogen (secondary N) is 1. The maximum absolute atomic E-state index is 12.4. The number of aryl methyl sites for hydroxylation is 3. The molecule has 0 aliphatic heterocycles. The number of ether oxygens (including phenoxy) is 1. The van der Waals surface area contributed by atoms with Gasteiger partial charge in [-0.05, 0) is 39.0 Å². The molecule has 24 heavy (non-hydrogen) atoms. The minimum absolute atomic E-state index is 0.237. The summed E-state index contributed by atoms with van der Waals surface area (Å²) in [4.78, 5) is 16.7. The van der Waals surface area contributed by atoms with Gasteiger partial charge in [0.05, 0.1) is 10.7 Å². The van der Waals surface area contributed by atoms with Gasteiger partial charge in [-0.2, -0.15) is 0 Å². The molecule has 0 unspecified atom stereocenters. The molecule has 124 valence electrons. The molecule has 0 saturated carbocycles. The molecule has 0 bridgehead atoms. The molecule has 0 fully saturated rings. The average molecular weight is 343 g/mol. The molecule has 7 heteroatoms. The largest absolute Gasteiger partial charge is 0.487 e. The van der Waals surface area contributed by atoms with Crippen molar-refractivity contribution in [3.8, 4) is 5.75 Å². The Morgan fingerprint density at radius 3 is 2.83 bits per heavy atom. The molecule has 0 aliphatic carbocycles. The molecular formula is C17H17N3O3S. The Hall–Kier alpha value is -2.67. The monoisotopic (exact) mass is 343 g/mol. The Balaban J connectivity index is 1.69. The first-order valence-corrected chi connectivity index (χ1v) is 8.29. The van der Waals surface area contributed by atoms with Gasteiger partial charge in [-0.1, -0.05) is 11.2 Å². The van der Waals surface area contributed by atoms with E-state index in [4.69, 9.17) is 9.26 Å². The van der Waals surface area contributed by atoms with Crippen LogP contribution in [0.25, 0.3) is 0 Å². The van der Waals surface area contributed by atoms with Gasteiger partial charge in [0.1, 0.15) is 23.7 Å². The predicted molar refractivity (Wildman–Crippen MR) is 91.6 cm³/mol. The van der Waals surface area contributed by atoms with Crippen LogP contribution in [0.1, 0.15) is 32.5 Å². The highest BCUT2D eigenvalue weighted by molar-refractivity contribution is 7.09. The molecule has 1 aromatic carbocycles. The molecule has 1 N–H and O–H groups in total. The van der Waals surface area contributed by atoms with Gasteiger partial charge >= 0.3 is 0 Å². The van der Waals surface area contributed by atoms with E-state index in [1.807, 2.05) is 18.4 Å². The standard InChI is InChI=1S/C17H17N3O3S/c1-10-16(11(2)23-20-10)19-17(21)13-5-4-6-15(7-13)22-8-14-9-24-12(3)18-14/h4-7,9H,8H2,1-3H3,(H,19,21). The Morgan fingerprint density at radius 1 is 1.33 bits per heavy atom. The minimum atomic E-state index is -0.237. The van der Waals surface area contributed by atoms with Gasteiger partial charge in [-0.25, -0.2) is 4.98 Å². The second kappa shape index (κ2) is 6.84. The molecule has 0 atom stereocenters. The van der Waals surface area contributed by atoms with Crippen molar-refractivity contribution in [1.82, 2.24) is 10.1 Å². The highest BCUT2D eigenvalue weighted by atomic mass is 32.1. The topological polar surface area (TPSA) is 77.2 Å². The van der Waals surface area contributed by atoms with E-state index in [0.717, 1.165) is 10.7 Å². The fourth-order valence-corrected chi connectivity index (χ4v) is 2.80. The lowest BCUT2D eigenvalue weighted by Gasteiger charge is -2.08. The Bertz CT molecular complexity index is 850. The molecule has 0 spiro atoms. The molecular weight excluding hydrogens is 326 g/mol. The first-order chi connectivity index (χ1) is 11.5.